The van der Waals surface area contributed by atoms with Crippen molar-refractivity contribution in [3.05, 3.63) is 170 Å². The Hall–Kier alpha value is -6.06. The first-order valence-corrected chi connectivity index (χ1v) is 15.3. The van der Waals surface area contributed by atoms with Gasteiger partial charge < -0.3 is 13.9 Å². The van der Waals surface area contributed by atoms with Gasteiger partial charge in [0.2, 0.25) is 0 Å². The van der Waals surface area contributed by atoms with Gasteiger partial charge in [0.25, 0.3) is 0 Å². The second kappa shape index (κ2) is 10.3. The van der Waals surface area contributed by atoms with E-state index in [0.717, 1.165) is 55.8 Å². The number of hydrogen-bond donors (Lipinski definition) is 0. The van der Waals surface area contributed by atoms with Crippen LogP contribution in [-0.4, -0.2) is 4.57 Å². The smallest absolute Gasteiger partial charge is 0.145 e. The van der Waals surface area contributed by atoms with Crippen LogP contribution in [0.1, 0.15) is 0 Å². The summed E-state index contributed by atoms with van der Waals surface area (Å²) in [5, 5.41) is 4.74. The lowest BCUT2D eigenvalue weighted by atomic mass is 9.98. The lowest BCUT2D eigenvalue weighted by Gasteiger charge is -2.28. The molecule has 0 aliphatic rings. The summed E-state index contributed by atoms with van der Waals surface area (Å²) in [4.78, 5) is 2.32. The van der Waals surface area contributed by atoms with E-state index in [1.54, 1.807) is 0 Å². The summed E-state index contributed by atoms with van der Waals surface area (Å²) >= 11 is 0. The first-order chi connectivity index (χ1) is 22.3. The third-order valence-electron chi connectivity index (χ3n) is 8.79. The van der Waals surface area contributed by atoms with Gasteiger partial charge in [0.05, 0.1) is 16.7 Å². The molecule has 0 bridgehead atoms. The summed E-state index contributed by atoms with van der Waals surface area (Å²) in [5.41, 5.74) is 10.7. The Morgan fingerprint density at radius 3 is 1.58 bits per heavy atom. The molecule has 0 fully saturated rings. The summed E-state index contributed by atoms with van der Waals surface area (Å²) in [6.07, 6.45) is 0. The second-order valence-corrected chi connectivity index (χ2v) is 11.4. The predicted molar refractivity (Wildman–Crippen MR) is 188 cm³/mol. The molecule has 0 radical (unpaired) electrons. The van der Waals surface area contributed by atoms with Gasteiger partial charge >= 0.3 is 0 Å². The number of rotatable bonds is 5. The van der Waals surface area contributed by atoms with Crippen molar-refractivity contribution in [3.63, 3.8) is 0 Å². The number of furan rings is 1. The molecule has 3 nitrogen and oxygen atoms in total. The fourth-order valence-electron chi connectivity index (χ4n) is 6.80. The molecular weight excluding hydrogens is 548 g/mol. The second-order valence-electron chi connectivity index (χ2n) is 11.4. The molecule has 7 aromatic carbocycles. The van der Waals surface area contributed by atoms with Crippen molar-refractivity contribution in [2.45, 2.75) is 0 Å². The molecule has 9 rings (SSSR count). The number of para-hydroxylation sites is 5. The maximum Gasteiger partial charge on any atom is 0.145 e. The van der Waals surface area contributed by atoms with Crippen LogP contribution < -0.4 is 4.90 Å². The van der Waals surface area contributed by atoms with Crippen LogP contribution in [0.2, 0.25) is 0 Å². The van der Waals surface area contributed by atoms with Gasteiger partial charge in [-0.05, 0) is 72.3 Å². The molecule has 0 amide bonds. The third-order valence-corrected chi connectivity index (χ3v) is 8.79. The maximum absolute atomic E-state index is 6.69. The Morgan fingerprint density at radius 2 is 0.956 bits per heavy atom. The Kier molecular flexibility index (Phi) is 5.82. The van der Waals surface area contributed by atoms with Crippen LogP contribution in [-0.2, 0) is 0 Å². The van der Waals surface area contributed by atoms with Gasteiger partial charge in [-0.2, -0.15) is 0 Å². The molecule has 0 atom stereocenters. The lowest BCUT2D eigenvalue weighted by Crippen LogP contribution is -2.11. The van der Waals surface area contributed by atoms with E-state index in [-0.39, 0.29) is 0 Å². The SMILES string of the molecule is c1ccc(N(c2ccccc2)c2ccc3c(oc4ccccc43)c2-c2ccc(-n3c4ccccc4c4ccccc43)cc2)cc1. The van der Waals surface area contributed by atoms with Gasteiger partial charge in [-0.15, -0.1) is 0 Å². The van der Waals surface area contributed by atoms with Crippen molar-refractivity contribution in [1.82, 2.24) is 4.57 Å². The van der Waals surface area contributed by atoms with Crippen molar-refractivity contribution in [1.29, 1.82) is 0 Å². The molecule has 9 aromatic rings. The molecule has 0 saturated carbocycles. The maximum atomic E-state index is 6.69. The van der Waals surface area contributed by atoms with Crippen molar-refractivity contribution in [2.75, 3.05) is 4.90 Å². The topological polar surface area (TPSA) is 21.3 Å². The molecular formula is C42H28N2O. The Morgan fingerprint density at radius 1 is 0.422 bits per heavy atom. The van der Waals surface area contributed by atoms with E-state index < -0.39 is 0 Å². The third kappa shape index (κ3) is 4.05. The quantitative estimate of drug-likeness (QED) is 0.203. The summed E-state index contributed by atoms with van der Waals surface area (Å²) < 4.78 is 9.04. The average Bonchev–Trinajstić information content (AvgIpc) is 3.65. The highest BCUT2D eigenvalue weighted by Crippen LogP contribution is 2.46. The monoisotopic (exact) mass is 576 g/mol. The van der Waals surface area contributed by atoms with Gasteiger partial charge in [-0.1, -0.05) is 103 Å². The molecule has 0 aliphatic heterocycles. The van der Waals surface area contributed by atoms with E-state index in [4.69, 9.17) is 4.42 Å². The highest BCUT2D eigenvalue weighted by atomic mass is 16.3. The van der Waals surface area contributed by atoms with Crippen LogP contribution in [0.3, 0.4) is 0 Å². The largest absolute Gasteiger partial charge is 0.455 e. The molecule has 2 aromatic heterocycles. The average molecular weight is 577 g/mol. The summed E-state index contributed by atoms with van der Waals surface area (Å²) in [5.74, 6) is 0. The van der Waals surface area contributed by atoms with Crippen molar-refractivity contribution in [3.8, 4) is 16.8 Å². The minimum atomic E-state index is 0.884. The van der Waals surface area contributed by atoms with Crippen LogP contribution in [0.5, 0.6) is 0 Å². The Bertz CT molecular complexity index is 2380. The summed E-state index contributed by atoms with van der Waals surface area (Å²) in [6, 6.07) is 60.0. The number of fused-ring (bicyclic) bond motifs is 6. The van der Waals surface area contributed by atoms with Crippen LogP contribution in [0.25, 0.3) is 60.6 Å². The summed E-state index contributed by atoms with van der Waals surface area (Å²) in [7, 11) is 0. The van der Waals surface area contributed by atoms with Gasteiger partial charge in [0.15, 0.2) is 0 Å². The Balaban J connectivity index is 1.30. The van der Waals surface area contributed by atoms with Crippen LogP contribution in [0.4, 0.5) is 17.1 Å². The number of benzene rings is 7. The highest BCUT2D eigenvalue weighted by Gasteiger charge is 2.22. The lowest BCUT2D eigenvalue weighted by molar-refractivity contribution is 0.670. The van der Waals surface area contributed by atoms with Crippen molar-refractivity contribution < 1.29 is 4.42 Å². The molecule has 45 heavy (non-hydrogen) atoms. The van der Waals surface area contributed by atoms with E-state index in [2.05, 4.69) is 173 Å². The fourth-order valence-corrected chi connectivity index (χ4v) is 6.80. The molecule has 2 heterocycles. The standard InChI is InChI=1S/C42H28N2O/c1-3-13-30(14-4-1)43(31-15-5-2-6-16-31)39-28-27-36-35-19-9-12-22-40(35)45-42(36)41(39)29-23-25-32(26-24-29)44-37-20-10-7-17-33(37)34-18-8-11-21-38(34)44/h1-28H. The van der Waals surface area contributed by atoms with Crippen molar-refractivity contribution >= 4 is 60.8 Å². The zero-order chi connectivity index (χ0) is 29.7. The Labute approximate surface area is 260 Å². The van der Waals surface area contributed by atoms with Crippen LogP contribution in [0, 0.1) is 0 Å². The van der Waals surface area contributed by atoms with Gasteiger partial charge in [0, 0.05) is 44.2 Å². The number of aromatic nitrogens is 1. The molecule has 0 saturated heterocycles. The van der Waals surface area contributed by atoms with E-state index in [9.17, 15) is 0 Å². The highest BCUT2D eigenvalue weighted by molar-refractivity contribution is 6.13. The predicted octanol–water partition coefficient (Wildman–Crippen LogP) is 11.8. The number of nitrogens with zero attached hydrogens (tertiary/aromatic N) is 2. The van der Waals surface area contributed by atoms with Gasteiger partial charge in [-0.3, -0.25) is 0 Å². The minimum Gasteiger partial charge on any atom is -0.455 e. The molecule has 0 unspecified atom stereocenters. The van der Waals surface area contributed by atoms with E-state index in [0.29, 0.717) is 0 Å². The molecule has 0 aliphatic carbocycles. The van der Waals surface area contributed by atoms with E-state index >= 15 is 0 Å². The van der Waals surface area contributed by atoms with Gasteiger partial charge in [-0.25, -0.2) is 0 Å². The molecule has 0 N–H and O–H groups in total. The van der Waals surface area contributed by atoms with Crippen LogP contribution >= 0.6 is 0 Å². The molecule has 212 valence electrons. The number of anilines is 3. The first kappa shape index (κ1) is 25.4. The molecule has 3 heteroatoms. The van der Waals surface area contributed by atoms with E-state index in [1.807, 2.05) is 6.07 Å². The fraction of sp³-hybridized carbons (Fsp3) is 0. The summed E-state index contributed by atoms with van der Waals surface area (Å²) in [6.45, 7) is 0. The molecule has 0 spiro atoms. The number of hydrogen-bond acceptors (Lipinski definition) is 2. The van der Waals surface area contributed by atoms with Crippen molar-refractivity contribution in [2.24, 2.45) is 0 Å². The zero-order valence-corrected chi connectivity index (χ0v) is 24.5. The normalized spacial score (nSPS) is 11.6. The van der Waals surface area contributed by atoms with E-state index in [1.165, 1.54) is 21.8 Å². The minimum absolute atomic E-state index is 0.884. The van der Waals surface area contributed by atoms with Gasteiger partial charge in [0.1, 0.15) is 11.2 Å². The zero-order valence-electron chi connectivity index (χ0n) is 24.5. The first-order valence-electron chi connectivity index (χ1n) is 15.3. The van der Waals surface area contributed by atoms with Crippen LogP contribution in [0.15, 0.2) is 174 Å².